The molecule has 0 amide bonds. The molecule has 0 bridgehead atoms. The molecule has 0 aliphatic rings. The Bertz CT molecular complexity index is 509. The fraction of sp³-hybridized carbons (Fsp3) is 0.333. The molecule has 0 atom stereocenters. The maximum absolute atomic E-state index is 5.79. The van der Waals surface area contributed by atoms with Gasteiger partial charge in [0, 0.05) is 18.0 Å². The summed E-state index contributed by atoms with van der Waals surface area (Å²) in [6, 6.07) is 7.31. The molecule has 1 heterocycles. The summed E-state index contributed by atoms with van der Waals surface area (Å²) in [5, 5.41) is 8.44. The number of benzene rings is 1. The van der Waals surface area contributed by atoms with Gasteiger partial charge >= 0.3 is 0 Å². The molecular formula is C12H15ClN4O. The minimum atomic E-state index is 0.480. The fourth-order valence-electron chi connectivity index (χ4n) is 1.52. The maximum Gasteiger partial charge on any atom is 0.168 e. The number of nitrogen functional groups attached to an aromatic ring is 1. The van der Waals surface area contributed by atoms with E-state index in [0.29, 0.717) is 17.4 Å². The highest BCUT2D eigenvalue weighted by atomic mass is 35.5. The molecule has 1 aromatic heterocycles. The molecule has 2 N–H and O–H groups in total. The van der Waals surface area contributed by atoms with Crippen molar-refractivity contribution in [1.82, 2.24) is 15.0 Å². The van der Waals surface area contributed by atoms with Gasteiger partial charge in [-0.2, -0.15) is 0 Å². The fourth-order valence-corrected chi connectivity index (χ4v) is 1.65. The number of halogens is 1. The summed E-state index contributed by atoms with van der Waals surface area (Å²) in [4.78, 5) is 0. The number of anilines is 1. The van der Waals surface area contributed by atoms with Gasteiger partial charge in [0.1, 0.15) is 5.75 Å². The lowest BCUT2D eigenvalue weighted by atomic mass is 10.3. The predicted octanol–water partition coefficient (Wildman–Crippen LogP) is 2.29. The van der Waals surface area contributed by atoms with E-state index in [2.05, 4.69) is 10.3 Å². The van der Waals surface area contributed by atoms with Crippen LogP contribution in [-0.4, -0.2) is 21.6 Å². The molecule has 0 saturated heterocycles. The summed E-state index contributed by atoms with van der Waals surface area (Å²) in [5.41, 5.74) is 6.50. The van der Waals surface area contributed by atoms with E-state index < -0.39 is 0 Å². The average Bonchev–Trinajstić information content (AvgIpc) is 2.68. The van der Waals surface area contributed by atoms with Crippen LogP contribution in [0.2, 0.25) is 5.02 Å². The Kier molecular flexibility index (Phi) is 4.04. The minimum absolute atomic E-state index is 0.480. The second-order valence-corrected chi connectivity index (χ2v) is 4.38. The molecule has 0 saturated carbocycles. The molecule has 18 heavy (non-hydrogen) atoms. The van der Waals surface area contributed by atoms with Crippen LogP contribution in [0.25, 0.3) is 0 Å². The van der Waals surface area contributed by atoms with Crippen LogP contribution < -0.4 is 10.5 Å². The average molecular weight is 267 g/mol. The Morgan fingerprint density at radius 3 is 2.67 bits per heavy atom. The molecule has 1 aromatic carbocycles. The quantitative estimate of drug-likeness (QED) is 0.844. The largest absolute Gasteiger partial charge is 0.494 e. The number of rotatable bonds is 5. The lowest BCUT2D eigenvalue weighted by Gasteiger charge is -2.06. The summed E-state index contributed by atoms with van der Waals surface area (Å²) >= 11 is 5.79. The van der Waals surface area contributed by atoms with Crippen molar-refractivity contribution in [2.24, 2.45) is 0 Å². The van der Waals surface area contributed by atoms with Crippen molar-refractivity contribution in [3.05, 3.63) is 35.0 Å². The zero-order chi connectivity index (χ0) is 13.0. The van der Waals surface area contributed by atoms with Crippen molar-refractivity contribution < 1.29 is 4.74 Å². The highest BCUT2D eigenvalue weighted by Crippen LogP contribution is 2.15. The summed E-state index contributed by atoms with van der Waals surface area (Å²) in [7, 11) is 0. The van der Waals surface area contributed by atoms with Crippen LogP contribution in [0.15, 0.2) is 24.3 Å². The van der Waals surface area contributed by atoms with Crippen molar-refractivity contribution in [3.63, 3.8) is 0 Å². The molecule has 0 spiro atoms. The topological polar surface area (TPSA) is 66.0 Å². The molecule has 2 aromatic rings. The normalized spacial score (nSPS) is 10.6. The Morgan fingerprint density at radius 1 is 1.33 bits per heavy atom. The minimum Gasteiger partial charge on any atom is -0.494 e. The van der Waals surface area contributed by atoms with E-state index in [-0.39, 0.29) is 0 Å². The molecule has 0 radical (unpaired) electrons. The number of nitrogens with zero attached hydrogens (tertiary/aromatic N) is 3. The van der Waals surface area contributed by atoms with Crippen molar-refractivity contribution in [2.75, 3.05) is 12.3 Å². The SMILES string of the molecule is Cc1c(N)nnn1CCCOc1ccc(Cl)cc1. The number of hydrogen-bond acceptors (Lipinski definition) is 4. The molecule has 0 fully saturated rings. The van der Waals surface area contributed by atoms with Gasteiger partial charge in [-0.3, -0.25) is 0 Å². The van der Waals surface area contributed by atoms with Crippen LogP contribution in [0, 0.1) is 6.92 Å². The molecule has 0 aliphatic heterocycles. The Hall–Kier alpha value is -1.75. The third kappa shape index (κ3) is 3.13. The van der Waals surface area contributed by atoms with Crippen LogP contribution in [-0.2, 0) is 6.54 Å². The van der Waals surface area contributed by atoms with E-state index >= 15 is 0 Å². The predicted molar refractivity (Wildman–Crippen MR) is 70.7 cm³/mol. The third-order valence-corrected chi connectivity index (χ3v) is 2.87. The first-order valence-electron chi connectivity index (χ1n) is 5.71. The highest BCUT2D eigenvalue weighted by Gasteiger charge is 2.03. The zero-order valence-electron chi connectivity index (χ0n) is 10.1. The summed E-state index contributed by atoms with van der Waals surface area (Å²) < 4.78 is 7.36. The van der Waals surface area contributed by atoms with Crippen LogP contribution in [0.1, 0.15) is 12.1 Å². The Labute approximate surface area is 111 Å². The molecule has 0 aliphatic carbocycles. The number of ether oxygens (including phenoxy) is 1. The number of hydrogen-bond donors (Lipinski definition) is 1. The summed E-state index contributed by atoms with van der Waals surface area (Å²) in [6.07, 6.45) is 0.840. The third-order valence-electron chi connectivity index (χ3n) is 2.61. The Balaban J connectivity index is 1.76. The van der Waals surface area contributed by atoms with Gasteiger partial charge in [0.15, 0.2) is 5.82 Å². The lowest BCUT2D eigenvalue weighted by Crippen LogP contribution is -2.07. The smallest absolute Gasteiger partial charge is 0.168 e. The Morgan fingerprint density at radius 2 is 2.06 bits per heavy atom. The lowest BCUT2D eigenvalue weighted by molar-refractivity contribution is 0.297. The highest BCUT2D eigenvalue weighted by molar-refractivity contribution is 6.30. The van der Waals surface area contributed by atoms with E-state index in [1.807, 2.05) is 19.1 Å². The molecule has 6 heteroatoms. The zero-order valence-corrected chi connectivity index (χ0v) is 10.9. The molecule has 0 unspecified atom stereocenters. The van der Waals surface area contributed by atoms with Crippen LogP contribution in [0.3, 0.4) is 0 Å². The van der Waals surface area contributed by atoms with Crippen LogP contribution in [0.5, 0.6) is 5.75 Å². The van der Waals surface area contributed by atoms with Crippen LogP contribution in [0.4, 0.5) is 5.82 Å². The summed E-state index contributed by atoms with van der Waals surface area (Å²) in [6.45, 7) is 3.25. The van der Waals surface area contributed by atoms with E-state index in [1.165, 1.54) is 0 Å². The van der Waals surface area contributed by atoms with Gasteiger partial charge in [-0.1, -0.05) is 16.8 Å². The van der Waals surface area contributed by atoms with Crippen molar-refractivity contribution in [3.8, 4) is 5.75 Å². The standard InChI is InChI=1S/C12H15ClN4O/c1-9-12(14)15-16-17(9)7-2-8-18-11-5-3-10(13)4-6-11/h3-6H,2,7-8,14H2,1H3. The number of nitrogens with two attached hydrogens (primary N) is 1. The molecule has 5 nitrogen and oxygen atoms in total. The van der Waals surface area contributed by atoms with Gasteiger partial charge in [0.25, 0.3) is 0 Å². The first kappa shape index (κ1) is 12.7. The number of aryl methyl sites for hydroxylation is 1. The molecule has 2 rings (SSSR count). The van der Waals surface area contributed by atoms with Gasteiger partial charge in [0.05, 0.1) is 12.3 Å². The van der Waals surface area contributed by atoms with E-state index in [9.17, 15) is 0 Å². The first-order valence-corrected chi connectivity index (χ1v) is 6.08. The van der Waals surface area contributed by atoms with Crippen LogP contribution >= 0.6 is 11.6 Å². The van der Waals surface area contributed by atoms with Gasteiger partial charge in [-0.25, -0.2) is 4.68 Å². The second kappa shape index (κ2) is 5.73. The molecular weight excluding hydrogens is 252 g/mol. The van der Waals surface area contributed by atoms with Gasteiger partial charge < -0.3 is 10.5 Å². The summed E-state index contributed by atoms with van der Waals surface area (Å²) in [5.74, 6) is 1.29. The number of aromatic nitrogens is 3. The monoisotopic (exact) mass is 266 g/mol. The van der Waals surface area contributed by atoms with Gasteiger partial charge in [0.2, 0.25) is 0 Å². The molecule has 96 valence electrons. The maximum atomic E-state index is 5.79. The van der Waals surface area contributed by atoms with Gasteiger partial charge in [-0.15, -0.1) is 5.10 Å². The van der Waals surface area contributed by atoms with E-state index in [1.54, 1.807) is 16.8 Å². The van der Waals surface area contributed by atoms with E-state index in [0.717, 1.165) is 24.4 Å². The van der Waals surface area contributed by atoms with Crippen molar-refractivity contribution >= 4 is 17.4 Å². The second-order valence-electron chi connectivity index (χ2n) is 3.94. The van der Waals surface area contributed by atoms with Crippen molar-refractivity contribution in [2.45, 2.75) is 19.9 Å². The van der Waals surface area contributed by atoms with Gasteiger partial charge in [-0.05, 0) is 31.2 Å². The first-order chi connectivity index (χ1) is 8.66. The van der Waals surface area contributed by atoms with E-state index in [4.69, 9.17) is 22.1 Å². The van der Waals surface area contributed by atoms with Crippen molar-refractivity contribution in [1.29, 1.82) is 0 Å².